The van der Waals surface area contributed by atoms with Gasteiger partial charge in [0, 0.05) is 25.1 Å². The first-order valence-corrected chi connectivity index (χ1v) is 9.22. The zero-order chi connectivity index (χ0) is 17.9. The molecule has 0 fully saturated rings. The SMILES string of the molecule is CCC(CC)CNC(=NCc1ccc(Br)cc1)NCC(=O)N(C)C.I. The van der Waals surface area contributed by atoms with Gasteiger partial charge in [-0.3, -0.25) is 4.79 Å². The molecule has 7 heteroatoms. The predicted molar refractivity (Wildman–Crippen MR) is 119 cm³/mol. The molecule has 1 rings (SSSR count). The summed E-state index contributed by atoms with van der Waals surface area (Å²) in [6.45, 7) is 6.05. The van der Waals surface area contributed by atoms with E-state index in [1.165, 1.54) is 0 Å². The molecule has 0 aliphatic rings. The first-order valence-electron chi connectivity index (χ1n) is 8.43. The van der Waals surface area contributed by atoms with Gasteiger partial charge in [-0.2, -0.15) is 0 Å². The van der Waals surface area contributed by atoms with Gasteiger partial charge in [0.1, 0.15) is 0 Å². The third-order valence-corrected chi connectivity index (χ3v) is 4.48. The van der Waals surface area contributed by atoms with Crippen LogP contribution in [0.2, 0.25) is 0 Å². The van der Waals surface area contributed by atoms with Gasteiger partial charge in [0.15, 0.2) is 5.96 Å². The Morgan fingerprint density at radius 1 is 1.16 bits per heavy atom. The quantitative estimate of drug-likeness (QED) is 0.310. The van der Waals surface area contributed by atoms with Gasteiger partial charge in [0.25, 0.3) is 0 Å². The highest BCUT2D eigenvalue weighted by molar-refractivity contribution is 14.0. The van der Waals surface area contributed by atoms with E-state index in [1.807, 2.05) is 24.3 Å². The molecule has 1 amide bonds. The molecule has 0 aliphatic carbocycles. The summed E-state index contributed by atoms with van der Waals surface area (Å²) in [5.41, 5.74) is 1.13. The van der Waals surface area contributed by atoms with Crippen molar-refractivity contribution in [3.05, 3.63) is 34.3 Å². The number of carbonyl (C=O) groups is 1. The van der Waals surface area contributed by atoms with E-state index in [2.05, 4.69) is 45.4 Å². The number of nitrogens with zero attached hydrogens (tertiary/aromatic N) is 2. The second kappa shape index (κ2) is 13.4. The molecule has 0 atom stereocenters. The number of guanidine groups is 1. The van der Waals surface area contributed by atoms with E-state index in [1.54, 1.807) is 19.0 Å². The normalized spacial score (nSPS) is 11.0. The van der Waals surface area contributed by atoms with Crippen molar-refractivity contribution in [3.63, 3.8) is 0 Å². The fourth-order valence-corrected chi connectivity index (χ4v) is 2.33. The van der Waals surface area contributed by atoms with Crippen molar-refractivity contribution in [2.75, 3.05) is 27.2 Å². The Bertz CT molecular complexity index is 530. The van der Waals surface area contributed by atoms with Crippen molar-refractivity contribution in [1.82, 2.24) is 15.5 Å². The number of likely N-dealkylation sites (N-methyl/N-ethyl adjacent to an activating group) is 1. The van der Waals surface area contributed by atoms with Crippen molar-refractivity contribution in [3.8, 4) is 0 Å². The van der Waals surface area contributed by atoms with Crippen molar-refractivity contribution in [2.24, 2.45) is 10.9 Å². The number of aliphatic imine (C=N–C) groups is 1. The van der Waals surface area contributed by atoms with Crippen LogP contribution in [0.15, 0.2) is 33.7 Å². The zero-order valence-electron chi connectivity index (χ0n) is 15.5. The van der Waals surface area contributed by atoms with Crippen molar-refractivity contribution in [2.45, 2.75) is 33.2 Å². The van der Waals surface area contributed by atoms with Crippen LogP contribution in [0.25, 0.3) is 0 Å². The molecule has 0 radical (unpaired) electrons. The third kappa shape index (κ3) is 10.0. The largest absolute Gasteiger partial charge is 0.356 e. The molecule has 25 heavy (non-hydrogen) atoms. The average molecular weight is 525 g/mol. The number of halogens is 2. The van der Waals surface area contributed by atoms with Crippen LogP contribution >= 0.6 is 39.9 Å². The second-order valence-electron chi connectivity index (χ2n) is 6.00. The fraction of sp³-hybridized carbons (Fsp3) is 0.556. The molecule has 0 aromatic heterocycles. The Labute approximate surface area is 177 Å². The minimum atomic E-state index is 0. The number of hydrogen-bond acceptors (Lipinski definition) is 2. The van der Waals surface area contributed by atoms with Crippen LogP contribution in [-0.4, -0.2) is 44.0 Å². The molecule has 0 aliphatic heterocycles. The molecule has 142 valence electrons. The number of nitrogens with one attached hydrogen (secondary N) is 2. The maximum Gasteiger partial charge on any atom is 0.241 e. The Hall–Kier alpha value is -0.830. The maximum absolute atomic E-state index is 11.8. The number of amides is 1. The lowest BCUT2D eigenvalue weighted by molar-refractivity contribution is -0.127. The van der Waals surface area contributed by atoms with Gasteiger partial charge in [-0.15, -0.1) is 24.0 Å². The summed E-state index contributed by atoms with van der Waals surface area (Å²) in [5, 5.41) is 6.48. The molecular weight excluding hydrogens is 495 g/mol. The highest BCUT2D eigenvalue weighted by atomic mass is 127. The van der Waals surface area contributed by atoms with E-state index in [0.717, 1.165) is 29.4 Å². The van der Waals surface area contributed by atoms with Crippen molar-refractivity contribution < 1.29 is 4.79 Å². The summed E-state index contributed by atoms with van der Waals surface area (Å²) in [5.74, 6) is 1.31. The first kappa shape index (κ1) is 24.2. The number of rotatable bonds is 8. The van der Waals surface area contributed by atoms with Gasteiger partial charge in [-0.1, -0.05) is 54.8 Å². The number of benzene rings is 1. The van der Waals surface area contributed by atoms with Gasteiger partial charge in [-0.25, -0.2) is 4.99 Å². The van der Waals surface area contributed by atoms with E-state index >= 15 is 0 Å². The summed E-state index contributed by atoms with van der Waals surface area (Å²) in [6, 6.07) is 8.09. The lowest BCUT2D eigenvalue weighted by atomic mass is 10.0. The second-order valence-corrected chi connectivity index (χ2v) is 6.91. The Kier molecular flexibility index (Phi) is 12.9. The Balaban J connectivity index is 0.00000576. The molecule has 0 heterocycles. The van der Waals surface area contributed by atoms with Crippen LogP contribution in [0.1, 0.15) is 32.3 Å². The highest BCUT2D eigenvalue weighted by Crippen LogP contribution is 2.11. The summed E-state index contributed by atoms with van der Waals surface area (Å²) in [6.07, 6.45) is 2.25. The van der Waals surface area contributed by atoms with Crippen LogP contribution in [0.5, 0.6) is 0 Å². The van der Waals surface area contributed by atoms with Crippen LogP contribution in [0.4, 0.5) is 0 Å². The van der Waals surface area contributed by atoms with Gasteiger partial charge in [0.2, 0.25) is 5.91 Å². The Morgan fingerprint density at radius 3 is 2.28 bits per heavy atom. The lowest BCUT2D eigenvalue weighted by Gasteiger charge is -2.18. The third-order valence-electron chi connectivity index (χ3n) is 3.95. The van der Waals surface area contributed by atoms with Gasteiger partial charge in [0.05, 0.1) is 13.1 Å². The molecule has 0 spiro atoms. The van der Waals surface area contributed by atoms with Crippen LogP contribution in [0.3, 0.4) is 0 Å². The molecule has 2 N–H and O–H groups in total. The van der Waals surface area contributed by atoms with E-state index < -0.39 is 0 Å². The monoisotopic (exact) mass is 524 g/mol. The van der Waals surface area contributed by atoms with Gasteiger partial charge < -0.3 is 15.5 Å². The van der Waals surface area contributed by atoms with E-state index in [4.69, 9.17) is 0 Å². The summed E-state index contributed by atoms with van der Waals surface area (Å²) in [7, 11) is 3.50. The molecule has 0 unspecified atom stereocenters. The topological polar surface area (TPSA) is 56.7 Å². The fourth-order valence-electron chi connectivity index (χ4n) is 2.07. The first-order chi connectivity index (χ1) is 11.5. The van der Waals surface area contributed by atoms with Crippen LogP contribution < -0.4 is 10.6 Å². The summed E-state index contributed by atoms with van der Waals surface area (Å²) in [4.78, 5) is 18.0. The zero-order valence-corrected chi connectivity index (χ0v) is 19.4. The van der Waals surface area contributed by atoms with E-state index in [9.17, 15) is 4.79 Å². The molecule has 5 nitrogen and oxygen atoms in total. The molecule has 0 saturated heterocycles. The molecule has 0 saturated carbocycles. The Morgan fingerprint density at radius 2 is 1.76 bits per heavy atom. The van der Waals surface area contributed by atoms with Gasteiger partial charge >= 0.3 is 0 Å². The predicted octanol–water partition coefficient (Wildman–Crippen LogP) is 3.63. The maximum atomic E-state index is 11.8. The highest BCUT2D eigenvalue weighted by Gasteiger charge is 2.08. The molecule has 0 bridgehead atoms. The molecule has 1 aromatic rings. The standard InChI is InChI=1S/C18H29BrN4O.HI/c1-5-14(6-2)11-20-18(22-13-17(24)23(3)4)21-12-15-7-9-16(19)10-8-15;/h7-10,14H,5-6,11-13H2,1-4H3,(H2,20,21,22);1H. The smallest absolute Gasteiger partial charge is 0.241 e. The van der Waals surface area contributed by atoms with Crippen LogP contribution in [-0.2, 0) is 11.3 Å². The van der Waals surface area contributed by atoms with Crippen molar-refractivity contribution in [1.29, 1.82) is 0 Å². The lowest BCUT2D eigenvalue weighted by Crippen LogP contribution is -2.44. The summed E-state index contributed by atoms with van der Waals surface area (Å²) >= 11 is 3.43. The summed E-state index contributed by atoms with van der Waals surface area (Å²) < 4.78 is 1.05. The van der Waals surface area contributed by atoms with Crippen molar-refractivity contribution >= 4 is 51.8 Å². The minimum Gasteiger partial charge on any atom is -0.356 e. The van der Waals surface area contributed by atoms with Gasteiger partial charge in [-0.05, 0) is 23.6 Å². The van der Waals surface area contributed by atoms with E-state index in [0.29, 0.717) is 18.4 Å². The minimum absolute atomic E-state index is 0. The number of carbonyl (C=O) groups excluding carboxylic acids is 1. The molecule has 1 aromatic carbocycles. The average Bonchev–Trinajstić information content (AvgIpc) is 2.58. The number of hydrogen-bond donors (Lipinski definition) is 2. The van der Waals surface area contributed by atoms with Crippen LogP contribution in [0, 0.1) is 5.92 Å². The molecular formula is C18H30BrIN4O. The van der Waals surface area contributed by atoms with E-state index in [-0.39, 0.29) is 36.4 Å².